The van der Waals surface area contributed by atoms with Crippen LogP contribution in [-0.2, 0) is 4.79 Å². The van der Waals surface area contributed by atoms with E-state index in [-0.39, 0.29) is 11.6 Å². The molecule has 0 aliphatic rings. The van der Waals surface area contributed by atoms with Gasteiger partial charge in [-0.15, -0.1) is 0 Å². The maximum absolute atomic E-state index is 11.1. The SMILES string of the molecule is CC(C(=O)O)N(C)c1nc2sccn2c1[N+](=O)[O-]. The van der Waals surface area contributed by atoms with Crippen molar-refractivity contribution >= 4 is 33.9 Å². The van der Waals surface area contributed by atoms with Crippen molar-refractivity contribution in [1.82, 2.24) is 9.38 Å². The van der Waals surface area contributed by atoms with Crippen LogP contribution in [0.15, 0.2) is 11.6 Å². The third kappa shape index (κ3) is 1.78. The second kappa shape index (κ2) is 4.26. The highest BCUT2D eigenvalue weighted by Crippen LogP contribution is 2.31. The van der Waals surface area contributed by atoms with Gasteiger partial charge in [0.15, 0.2) is 0 Å². The van der Waals surface area contributed by atoms with Crippen LogP contribution in [0, 0.1) is 10.1 Å². The molecule has 2 rings (SSSR count). The van der Waals surface area contributed by atoms with Crippen molar-refractivity contribution in [3.05, 3.63) is 21.7 Å². The summed E-state index contributed by atoms with van der Waals surface area (Å²) < 4.78 is 1.34. The molecule has 0 aliphatic carbocycles. The van der Waals surface area contributed by atoms with Crippen LogP contribution < -0.4 is 4.90 Å². The van der Waals surface area contributed by atoms with E-state index in [2.05, 4.69) is 4.98 Å². The zero-order valence-electron chi connectivity index (χ0n) is 9.60. The number of nitro groups is 1. The van der Waals surface area contributed by atoms with Gasteiger partial charge in [0, 0.05) is 12.4 Å². The van der Waals surface area contributed by atoms with E-state index in [9.17, 15) is 14.9 Å². The van der Waals surface area contributed by atoms with Gasteiger partial charge in [-0.1, -0.05) is 11.3 Å². The molecule has 1 unspecified atom stereocenters. The maximum atomic E-state index is 11.1. The van der Waals surface area contributed by atoms with E-state index in [1.54, 1.807) is 5.38 Å². The Hall–Kier alpha value is -2.16. The number of nitrogens with zero attached hydrogens (tertiary/aromatic N) is 4. The van der Waals surface area contributed by atoms with Crippen molar-refractivity contribution in [2.24, 2.45) is 0 Å². The minimum atomic E-state index is -1.07. The highest BCUT2D eigenvalue weighted by Gasteiger charge is 2.30. The van der Waals surface area contributed by atoms with E-state index >= 15 is 0 Å². The Balaban J connectivity index is 2.56. The van der Waals surface area contributed by atoms with Crippen LogP contribution in [0.25, 0.3) is 4.96 Å². The molecule has 8 nitrogen and oxygen atoms in total. The highest BCUT2D eigenvalue weighted by molar-refractivity contribution is 7.15. The van der Waals surface area contributed by atoms with Crippen molar-refractivity contribution in [3.63, 3.8) is 0 Å². The molecule has 9 heteroatoms. The first-order valence-electron chi connectivity index (χ1n) is 4.99. The fraction of sp³-hybridized carbons (Fsp3) is 0.333. The number of hydrogen-bond donors (Lipinski definition) is 1. The van der Waals surface area contributed by atoms with E-state index in [0.717, 1.165) is 0 Å². The topological polar surface area (TPSA) is 101 Å². The van der Waals surface area contributed by atoms with Crippen molar-refractivity contribution in [3.8, 4) is 0 Å². The van der Waals surface area contributed by atoms with Crippen molar-refractivity contribution in [2.75, 3.05) is 11.9 Å². The van der Waals surface area contributed by atoms with Crippen LogP contribution >= 0.6 is 11.3 Å². The molecule has 0 bridgehead atoms. The summed E-state index contributed by atoms with van der Waals surface area (Å²) in [4.78, 5) is 27.2. The summed E-state index contributed by atoms with van der Waals surface area (Å²) in [6.07, 6.45) is 1.54. The molecule has 0 saturated carbocycles. The number of hydrogen-bond acceptors (Lipinski definition) is 6. The molecule has 1 N–H and O–H groups in total. The number of likely N-dealkylation sites (N-methyl/N-ethyl adjacent to an activating group) is 1. The van der Waals surface area contributed by atoms with Gasteiger partial charge in [-0.05, 0) is 11.8 Å². The molecule has 0 aliphatic heterocycles. The summed E-state index contributed by atoms with van der Waals surface area (Å²) in [5, 5.41) is 21.7. The molecule has 0 aromatic carbocycles. The van der Waals surface area contributed by atoms with E-state index in [1.165, 1.54) is 40.8 Å². The second-order valence-electron chi connectivity index (χ2n) is 3.70. The fourth-order valence-corrected chi connectivity index (χ4v) is 2.22. The molecular weight excluding hydrogens is 260 g/mol. The lowest BCUT2D eigenvalue weighted by Crippen LogP contribution is -2.36. The van der Waals surface area contributed by atoms with Gasteiger partial charge in [-0.2, -0.15) is 9.38 Å². The van der Waals surface area contributed by atoms with Gasteiger partial charge in [0.05, 0.1) is 0 Å². The van der Waals surface area contributed by atoms with Crippen molar-refractivity contribution < 1.29 is 14.8 Å². The van der Waals surface area contributed by atoms with Gasteiger partial charge in [0.2, 0.25) is 5.82 Å². The number of rotatable bonds is 4. The number of carboxylic acid groups (broad SMARTS) is 1. The summed E-state index contributed by atoms with van der Waals surface area (Å²) in [6.45, 7) is 1.44. The zero-order chi connectivity index (χ0) is 13.4. The van der Waals surface area contributed by atoms with Gasteiger partial charge in [-0.25, -0.2) is 4.79 Å². The third-order valence-electron chi connectivity index (χ3n) is 2.66. The normalized spacial score (nSPS) is 12.6. The molecule has 0 fully saturated rings. The Bertz CT molecular complexity index is 619. The Morgan fingerprint density at radius 3 is 2.94 bits per heavy atom. The maximum Gasteiger partial charge on any atom is 0.373 e. The smallest absolute Gasteiger partial charge is 0.373 e. The monoisotopic (exact) mass is 270 g/mol. The molecule has 2 aromatic rings. The summed E-state index contributed by atoms with van der Waals surface area (Å²) in [5.74, 6) is -1.23. The average molecular weight is 270 g/mol. The summed E-state index contributed by atoms with van der Waals surface area (Å²) in [5.41, 5.74) is 0. The summed E-state index contributed by atoms with van der Waals surface area (Å²) >= 11 is 1.25. The molecule has 96 valence electrons. The van der Waals surface area contributed by atoms with Crippen molar-refractivity contribution in [2.45, 2.75) is 13.0 Å². The molecule has 18 heavy (non-hydrogen) atoms. The first kappa shape index (κ1) is 12.3. The molecule has 1 atom stereocenters. The van der Waals surface area contributed by atoms with Gasteiger partial charge in [0.1, 0.15) is 12.2 Å². The quantitative estimate of drug-likeness (QED) is 0.662. The standard InChI is InChI=1S/C9H10N4O4S/c1-5(8(14)15)11(2)6-7(13(16)17)12-3-4-18-9(12)10-6/h3-5H,1-2H3,(H,14,15). The van der Waals surface area contributed by atoms with Gasteiger partial charge in [-0.3, -0.25) is 0 Å². The van der Waals surface area contributed by atoms with Crippen LogP contribution in [0.1, 0.15) is 6.92 Å². The molecule has 0 amide bonds. The Kier molecular flexibility index (Phi) is 2.91. The van der Waals surface area contributed by atoms with Gasteiger partial charge < -0.3 is 20.1 Å². The van der Waals surface area contributed by atoms with E-state index in [4.69, 9.17) is 5.11 Å². The number of fused-ring (bicyclic) bond motifs is 1. The second-order valence-corrected chi connectivity index (χ2v) is 4.57. The summed E-state index contributed by atoms with van der Waals surface area (Å²) in [6, 6.07) is -0.895. The number of thiazole rings is 1. The zero-order valence-corrected chi connectivity index (χ0v) is 10.4. The van der Waals surface area contributed by atoms with Crippen LogP contribution in [0.3, 0.4) is 0 Å². The molecule has 2 aromatic heterocycles. The van der Waals surface area contributed by atoms with Gasteiger partial charge >= 0.3 is 11.8 Å². The van der Waals surface area contributed by atoms with E-state index in [0.29, 0.717) is 4.96 Å². The molecular formula is C9H10N4O4S. The van der Waals surface area contributed by atoms with Crippen molar-refractivity contribution in [1.29, 1.82) is 0 Å². The number of carbonyl (C=O) groups is 1. The van der Waals surface area contributed by atoms with E-state index < -0.39 is 16.9 Å². The van der Waals surface area contributed by atoms with Crippen LogP contribution in [0.4, 0.5) is 11.6 Å². The van der Waals surface area contributed by atoms with Gasteiger partial charge in [0.25, 0.3) is 4.96 Å². The van der Waals surface area contributed by atoms with Crippen LogP contribution in [0.2, 0.25) is 0 Å². The molecule has 0 radical (unpaired) electrons. The lowest BCUT2D eigenvalue weighted by atomic mass is 10.3. The Morgan fingerprint density at radius 1 is 1.72 bits per heavy atom. The number of aromatic nitrogens is 2. The fourth-order valence-electron chi connectivity index (χ4n) is 1.52. The number of imidazole rings is 1. The first-order chi connectivity index (χ1) is 8.43. The minimum Gasteiger partial charge on any atom is -0.480 e. The average Bonchev–Trinajstić information content (AvgIpc) is 2.85. The Morgan fingerprint density at radius 2 is 2.39 bits per heavy atom. The van der Waals surface area contributed by atoms with E-state index in [1.807, 2.05) is 0 Å². The number of carboxylic acids is 1. The molecule has 0 spiro atoms. The highest BCUT2D eigenvalue weighted by atomic mass is 32.1. The van der Waals surface area contributed by atoms with Crippen LogP contribution in [-0.4, -0.2) is 38.5 Å². The lowest BCUT2D eigenvalue weighted by Gasteiger charge is -2.20. The first-order valence-corrected chi connectivity index (χ1v) is 5.87. The predicted octanol–water partition coefficient (Wildman–Crippen LogP) is 1.21. The number of anilines is 1. The molecule has 2 heterocycles. The van der Waals surface area contributed by atoms with Crippen LogP contribution in [0.5, 0.6) is 0 Å². The Labute approximate surface area is 105 Å². The third-order valence-corrected chi connectivity index (χ3v) is 3.42. The largest absolute Gasteiger partial charge is 0.480 e. The molecule has 0 saturated heterocycles. The summed E-state index contributed by atoms with van der Waals surface area (Å²) in [7, 11) is 1.47. The number of aliphatic carboxylic acids is 1. The predicted molar refractivity (Wildman–Crippen MR) is 65.2 cm³/mol. The lowest BCUT2D eigenvalue weighted by molar-refractivity contribution is -0.389. The minimum absolute atomic E-state index is 0.0572.